The smallest absolute Gasteiger partial charge is 0.124 e. The van der Waals surface area contributed by atoms with Gasteiger partial charge in [0, 0.05) is 12.6 Å². The summed E-state index contributed by atoms with van der Waals surface area (Å²) in [5, 5.41) is 0. The molecule has 0 saturated heterocycles. The van der Waals surface area contributed by atoms with Crippen LogP contribution in [0.25, 0.3) is 0 Å². The van der Waals surface area contributed by atoms with E-state index in [2.05, 4.69) is 23.4 Å². The highest BCUT2D eigenvalue weighted by atomic mass is 16.5. The van der Waals surface area contributed by atoms with Crippen molar-refractivity contribution < 1.29 is 4.74 Å². The first kappa shape index (κ1) is 13.6. The Balaban J connectivity index is 2.59. The number of methoxy groups -OCH3 is 1. The van der Waals surface area contributed by atoms with E-state index in [-0.39, 0.29) is 6.04 Å². The Kier molecular flexibility index (Phi) is 3.87. The number of ether oxygens (including phenoxy) is 1. The number of hydrogen-bond donors (Lipinski definition) is 2. The molecule has 1 heterocycles. The van der Waals surface area contributed by atoms with E-state index in [0.29, 0.717) is 0 Å². The van der Waals surface area contributed by atoms with E-state index in [1.807, 2.05) is 30.8 Å². The van der Waals surface area contributed by atoms with Crippen molar-refractivity contribution in [1.82, 2.24) is 15.0 Å². The third-order valence-electron chi connectivity index (χ3n) is 3.32. The Bertz CT molecular complexity index is 577. The fourth-order valence-electron chi connectivity index (χ4n) is 2.44. The number of hydrazine groups is 1. The van der Waals surface area contributed by atoms with E-state index in [4.69, 9.17) is 10.6 Å². The fraction of sp³-hybridized carbons (Fsp3) is 0.357. The van der Waals surface area contributed by atoms with Gasteiger partial charge in [-0.05, 0) is 31.0 Å². The molecule has 0 aliphatic carbocycles. The first-order chi connectivity index (χ1) is 9.08. The van der Waals surface area contributed by atoms with Crippen LogP contribution in [0.2, 0.25) is 0 Å². The normalized spacial score (nSPS) is 12.5. The number of hydrogen-bond acceptors (Lipinski definition) is 4. The van der Waals surface area contributed by atoms with Crippen LogP contribution in [-0.4, -0.2) is 16.7 Å². The Hall–Kier alpha value is -1.85. The average Bonchev–Trinajstić information content (AvgIpc) is 2.78. The van der Waals surface area contributed by atoms with Crippen LogP contribution in [-0.2, 0) is 7.05 Å². The van der Waals surface area contributed by atoms with Crippen LogP contribution in [0.15, 0.2) is 24.7 Å². The van der Waals surface area contributed by atoms with Crippen LogP contribution in [0.3, 0.4) is 0 Å². The second kappa shape index (κ2) is 5.42. The lowest BCUT2D eigenvalue weighted by molar-refractivity contribution is 0.402. The summed E-state index contributed by atoms with van der Waals surface area (Å²) in [6.45, 7) is 4.11. The first-order valence-electron chi connectivity index (χ1n) is 6.16. The summed E-state index contributed by atoms with van der Waals surface area (Å²) in [5.74, 6) is 6.58. The molecule has 0 bridgehead atoms. The largest absolute Gasteiger partial charge is 0.496 e. The van der Waals surface area contributed by atoms with E-state index in [1.54, 1.807) is 13.4 Å². The first-order valence-corrected chi connectivity index (χ1v) is 6.16. The number of aryl methyl sites for hydroxylation is 3. The molecule has 0 aliphatic heterocycles. The van der Waals surface area contributed by atoms with Crippen molar-refractivity contribution in [2.75, 3.05) is 7.11 Å². The van der Waals surface area contributed by atoms with E-state index >= 15 is 0 Å². The van der Waals surface area contributed by atoms with Gasteiger partial charge in [-0.25, -0.2) is 10.4 Å². The number of nitrogens with zero attached hydrogens (tertiary/aromatic N) is 2. The van der Waals surface area contributed by atoms with Crippen LogP contribution >= 0.6 is 0 Å². The van der Waals surface area contributed by atoms with Gasteiger partial charge in [0.2, 0.25) is 0 Å². The average molecular weight is 260 g/mol. The molecule has 1 atom stereocenters. The maximum absolute atomic E-state index is 5.75. The van der Waals surface area contributed by atoms with Gasteiger partial charge < -0.3 is 9.30 Å². The second-order valence-electron chi connectivity index (χ2n) is 4.73. The highest BCUT2D eigenvalue weighted by Gasteiger charge is 2.22. The molecule has 1 aromatic carbocycles. The molecule has 0 fully saturated rings. The maximum atomic E-state index is 5.75. The molecular formula is C14H20N4O. The Labute approximate surface area is 113 Å². The molecule has 5 heteroatoms. The van der Waals surface area contributed by atoms with Crippen molar-refractivity contribution in [3.8, 4) is 5.75 Å². The molecule has 0 radical (unpaired) electrons. The third-order valence-corrected chi connectivity index (χ3v) is 3.32. The van der Waals surface area contributed by atoms with Crippen molar-refractivity contribution in [3.05, 3.63) is 47.0 Å². The Morgan fingerprint density at radius 3 is 2.63 bits per heavy atom. The summed E-state index contributed by atoms with van der Waals surface area (Å²) < 4.78 is 7.45. The van der Waals surface area contributed by atoms with Crippen molar-refractivity contribution >= 4 is 0 Å². The number of imidazole rings is 1. The maximum Gasteiger partial charge on any atom is 0.124 e. The predicted molar refractivity (Wildman–Crippen MR) is 74.8 cm³/mol. The van der Waals surface area contributed by atoms with Crippen LogP contribution in [0.4, 0.5) is 0 Å². The van der Waals surface area contributed by atoms with Gasteiger partial charge in [0.15, 0.2) is 0 Å². The molecule has 0 aliphatic rings. The molecule has 2 aromatic rings. The highest BCUT2D eigenvalue weighted by molar-refractivity contribution is 5.47. The molecule has 19 heavy (non-hydrogen) atoms. The molecule has 3 N–H and O–H groups in total. The lowest BCUT2D eigenvalue weighted by Gasteiger charge is -2.22. The SMILES string of the molecule is COc1cc(C)cc(C)c1C(NN)c1cncn1C. The number of benzene rings is 1. The van der Waals surface area contributed by atoms with E-state index in [0.717, 1.165) is 22.6 Å². The van der Waals surface area contributed by atoms with E-state index < -0.39 is 0 Å². The predicted octanol–water partition coefficient (Wildman–Crippen LogP) is 1.60. The second-order valence-corrected chi connectivity index (χ2v) is 4.73. The van der Waals surface area contributed by atoms with Crippen LogP contribution in [0.1, 0.15) is 28.4 Å². The van der Waals surface area contributed by atoms with Gasteiger partial charge in [-0.3, -0.25) is 5.84 Å². The quantitative estimate of drug-likeness (QED) is 0.647. The molecular weight excluding hydrogens is 240 g/mol. The number of nitrogens with one attached hydrogen (secondary N) is 1. The molecule has 1 unspecified atom stereocenters. The lowest BCUT2D eigenvalue weighted by atomic mass is 9.96. The standard InChI is InChI=1S/C14H20N4O/c1-9-5-10(2)13(12(6-9)19-4)14(17-15)11-7-16-8-18(11)3/h5-8,14,17H,15H2,1-4H3. The molecule has 1 aromatic heterocycles. The molecule has 0 saturated carbocycles. The van der Waals surface area contributed by atoms with Gasteiger partial charge in [-0.1, -0.05) is 6.07 Å². The van der Waals surface area contributed by atoms with Crippen LogP contribution in [0.5, 0.6) is 5.75 Å². The van der Waals surface area contributed by atoms with Crippen molar-refractivity contribution in [3.63, 3.8) is 0 Å². The minimum atomic E-state index is -0.150. The van der Waals surface area contributed by atoms with Gasteiger partial charge in [-0.2, -0.15) is 0 Å². The monoisotopic (exact) mass is 260 g/mol. The lowest BCUT2D eigenvalue weighted by Crippen LogP contribution is -2.31. The van der Waals surface area contributed by atoms with Gasteiger partial charge in [0.1, 0.15) is 5.75 Å². The molecule has 5 nitrogen and oxygen atoms in total. The van der Waals surface area contributed by atoms with Crippen molar-refractivity contribution in [2.24, 2.45) is 12.9 Å². The van der Waals surface area contributed by atoms with Gasteiger partial charge in [0.05, 0.1) is 31.4 Å². The summed E-state index contributed by atoms with van der Waals surface area (Å²) in [6, 6.07) is 3.99. The number of rotatable bonds is 4. The third kappa shape index (κ3) is 2.47. The summed E-state index contributed by atoms with van der Waals surface area (Å²) in [4.78, 5) is 4.15. The zero-order valence-corrected chi connectivity index (χ0v) is 11.8. The fourth-order valence-corrected chi connectivity index (χ4v) is 2.44. The Morgan fingerprint density at radius 1 is 1.37 bits per heavy atom. The molecule has 102 valence electrons. The van der Waals surface area contributed by atoms with Crippen molar-refractivity contribution in [2.45, 2.75) is 19.9 Å². The minimum Gasteiger partial charge on any atom is -0.496 e. The zero-order valence-electron chi connectivity index (χ0n) is 11.8. The summed E-state index contributed by atoms with van der Waals surface area (Å²) in [5.41, 5.74) is 7.20. The summed E-state index contributed by atoms with van der Waals surface area (Å²) in [7, 11) is 3.62. The van der Waals surface area contributed by atoms with Crippen LogP contribution < -0.4 is 16.0 Å². The molecule has 0 spiro atoms. The van der Waals surface area contributed by atoms with E-state index in [1.165, 1.54) is 5.56 Å². The topological polar surface area (TPSA) is 65.1 Å². The van der Waals surface area contributed by atoms with Gasteiger partial charge in [-0.15, -0.1) is 0 Å². The molecule has 0 amide bonds. The molecule has 2 rings (SSSR count). The number of nitrogens with two attached hydrogens (primary N) is 1. The van der Waals surface area contributed by atoms with Crippen molar-refractivity contribution in [1.29, 1.82) is 0 Å². The summed E-state index contributed by atoms with van der Waals surface area (Å²) >= 11 is 0. The Morgan fingerprint density at radius 2 is 2.11 bits per heavy atom. The van der Waals surface area contributed by atoms with Gasteiger partial charge >= 0.3 is 0 Å². The van der Waals surface area contributed by atoms with E-state index in [9.17, 15) is 0 Å². The van der Waals surface area contributed by atoms with Crippen LogP contribution in [0, 0.1) is 13.8 Å². The minimum absolute atomic E-state index is 0.150. The zero-order chi connectivity index (χ0) is 14.0. The number of aromatic nitrogens is 2. The van der Waals surface area contributed by atoms with Gasteiger partial charge in [0.25, 0.3) is 0 Å². The highest BCUT2D eigenvalue weighted by Crippen LogP contribution is 2.33. The summed E-state index contributed by atoms with van der Waals surface area (Å²) in [6.07, 6.45) is 3.57.